The average molecular weight is 388 g/mol. The fourth-order valence-corrected chi connectivity index (χ4v) is 3.12. The molecule has 1 heterocycles. The smallest absolute Gasteiger partial charge is 0.259 e. The second kappa shape index (κ2) is 7.67. The number of fused-ring (bicyclic) bond motifs is 1. The van der Waals surface area contributed by atoms with E-state index in [4.69, 9.17) is 9.15 Å². The molecule has 0 unspecified atom stereocenters. The van der Waals surface area contributed by atoms with Gasteiger partial charge in [-0.05, 0) is 54.4 Å². The Labute approximate surface area is 167 Å². The summed E-state index contributed by atoms with van der Waals surface area (Å²) in [6, 6.07) is 17.5. The Kier molecular flexibility index (Phi) is 4.91. The number of methoxy groups -OCH3 is 1. The molecular formula is C23H20N2O4. The van der Waals surface area contributed by atoms with Gasteiger partial charge in [-0.3, -0.25) is 4.79 Å². The lowest BCUT2D eigenvalue weighted by Crippen LogP contribution is -2.13. The predicted molar refractivity (Wildman–Crippen MR) is 111 cm³/mol. The van der Waals surface area contributed by atoms with Crippen molar-refractivity contribution < 1.29 is 19.1 Å². The van der Waals surface area contributed by atoms with Crippen molar-refractivity contribution in [3.8, 4) is 23.0 Å². The monoisotopic (exact) mass is 388 g/mol. The molecule has 6 heteroatoms. The van der Waals surface area contributed by atoms with Gasteiger partial charge in [-0.1, -0.05) is 25.1 Å². The summed E-state index contributed by atoms with van der Waals surface area (Å²) in [5, 5.41) is 13.1. The number of aromatic hydroxyl groups is 1. The number of nitrogens with one attached hydrogen (secondary N) is 1. The molecule has 6 nitrogen and oxygen atoms in total. The van der Waals surface area contributed by atoms with E-state index in [0.29, 0.717) is 34.0 Å². The van der Waals surface area contributed by atoms with Gasteiger partial charge in [0, 0.05) is 5.69 Å². The molecule has 0 aliphatic rings. The fourth-order valence-electron chi connectivity index (χ4n) is 3.12. The third kappa shape index (κ3) is 3.65. The van der Waals surface area contributed by atoms with Crippen LogP contribution in [0.1, 0.15) is 22.8 Å². The van der Waals surface area contributed by atoms with Crippen LogP contribution in [0.25, 0.3) is 22.6 Å². The van der Waals surface area contributed by atoms with Crippen LogP contribution >= 0.6 is 0 Å². The van der Waals surface area contributed by atoms with Crippen molar-refractivity contribution in [2.45, 2.75) is 13.3 Å². The van der Waals surface area contributed by atoms with Crippen LogP contribution in [-0.4, -0.2) is 23.1 Å². The molecule has 0 aliphatic heterocycles. The maximum Gasteiger partial charge on any atom is 0.259 e. The van der Waals surface area contributed by atoms with Gasteiger partial charge < -0.3 is 19.6 Å². The standard InChI is InChI=1S/C23H20N2O4/c1-3-14-8-11-21-18(12-14)25-23(29-21)17-13-15(9-10-19(17)26)24-22(27)16-6-4-5-7-20(16)28-2/h4-13,26H,3H2,1-2H3,(H,24,27). The number of aryl methyl sites for hydroxylation is 1. The molecule has 0 aliphatic carbocycles. The number of rotatable bonds is 5. The van der Waals surface area contributed by atoms with E-state index < -0.39 is 0 Å². The number of para-hydroxylation sites is 1. The number of hydrogen-bond donors (Lipinski definition) is 2. The molecule has 3 aromatic carbocycles. The third-order valence-corrected chi connectivity index (χ3v) is 4.70. The van der Waals surface area contributed by atoms with Gasteiger partial charge in [0.15, 0.2) is 5.58 Å². The molecule has 4 aromatic rings. The van der Waals surface area contributed by atoms with Crippen LogP contribution < -0.4 is 10.1 Å². The number of anilines is 1. The molecule has 146 valence electrons. The Bertz CT molecular complexity index is 1200. The van der Waals surface area contributed by atoms with Crippen molar-refractivity contribution >= 4 is 22.7 Å². The van der Waals surface area contributed by atoms with Crippen molar-refractivity contribution in [3.05, 3.63) is 71.8 Å². The summed E-state index contributed by atoms with van der Waals surface area (Å²) < 4.78 is 11.1. The molecule has 4 rings (SSSR count). The van der Waals surface area contributed by atoms with E-state index in [9.17, 15) is 9.90 Å². The minimum atomic E-state index is -0.316. The zero-order valence-electron chi connectivity index (χ0n) is 16.1. The van der Waals surface area contributed by atoms with Crippen LogP contribution in [0.2, 0.25) is 0 Å². The fraction of sp³-hybridized carbons (Fsp3) is 0.130. The summed E-state index contributed by atoms with van der Waals surface area (Å²) in [4.78, 5) is 17.1. The summed E-state index contributed by atoms with van der Waals surface area (Å²) in [5.41, 5.74) is 3.84. The summed E-state index contributed by atoms with van der Waals surface area (Å²) in [6.07, 6.45) is 0.897. The van der Waals surface area contributed by atoms with Gasteiger partial charge in [0.2, 0.25) is 5.89 Å². The number of nitrogens with zero attached hydrogens (tertiary/aromatic N) is 1. The first-order valence-corrected chi connectivity index (χ1v) is 9.26. The van der Waals surface area contributed by atoms with Crippen molar-refractivity contribution in [1.82, 2.24) is 4.98 Å². The molecule has 0 fully saturated rings. The van der Waals surface area contributed by atoms with Gasteiger partial charge in [0.25, 0.3) is 5.91 Å². The van der Waals surface area contributed by atoms with Crippen LogP contribution in [0, 0.1) is 0 Å². The first-order chi connectivity index (χ1) is 14.1. The highest BCUT2D eigenvalue weighted by Crippen LogP contribution is 2.34. The molecule has 2 N–H and O–H groups in total. The normalized spacial score (nSPS) is 10.8. The minimum absolute atomic E-state index is 0.0163. The maximum atomic E-state index is 12.6. The first kappa shape index (κ1) is 18.6. The highest BCUT2D eigenvalue weighted by molar-refractivity contribution is 6.06. The zero-order valence-corrected chi connectivity index (χ0v) is 16.1. The number of oxazole rings is 1. The SMILES string of the molecule is CCc1ccc2oc(-c3cc(NC(=O)c4ccccc4OC)ccc3O)nc2c1. The number of hydrogen-bond acceptors (Lipinski definition) is 5. The van der Waals surface area contributed by atoms with Gasteiger partial charge in [0.05, 0.1) is 18.2 Å². The van der Waals surface area contributed by atoms with Crippen molar-refractivity contribution in [2.75, 3.05) is 12.4 Å². The van der Waals surface area contributed by atoms with E-state index in [1.807, 2.05) is 18.2 Å². The maximum absolute atomic E-state index is 12.6. The molecule has 0 saturated heterocycles. The lowest BCUT2D eigenvalue weighted by atomic mass is 10.1. The quantitative estimate of drug-likeness (QED) is 0.469. The number of phenolic OH excluding ortho intramolecular Hbond substituents is 1. The number of carbonyl (C=O) groups excluding carboxylic acids is 1. The van der Waals surface area contributed by atoms with E-state index in [1.54, 1.807) is 36.4 Å². The molecule has 0 bridgehead atoms. The van der Waals surface area contributed by atoms with E-state index in [-0.39, 0.29) is 11.7 Å². The molecule has 0 radical (unpaired) electrons. The van der Waals surface area contributed by atoms with Gasteiger partial charge >= 0.3 is 0 Å². The third-order valence-electron chi connectivity index (χ3n) is 4.70. The number of carbonyl (C=O) groups is 1. The molecule has 29 heavy (non-hydrogen) atoms. The minimum Gasteiger partial charge on any atom is -0.507 e. The van der Waals surface area contributed by atoms with E-state index >= 15 is 0 Å². The summed E-state index contributed by atoms with van der Waals surface area (Å²) in [7, 11) is 1.52. The van der Waals surface area contributed by atoms with Crippen LogP contribution in [0.5, 0.6) is 11.5 Å². The molecule has 0 saturated carbocycles. The Hall–Kier alpha value is -3.80. The molecule has 1 amide bonds. The Morgan fingerprint density at radius 3 is 2.76 bits per heavy atom. The van der Waals surface area contributed by atoms with E-state index in [1.165, 1.54) is 13.2 Å². The number of aromatic nitrogens is 1. The number of amides is 1. The number of benzene rings is 3. The molecule has 0 atom stereocenters. The number of ether oxygens (including phenoxy) is 1. The van der Waals surface area contributed by atoms with Crippen LogP contribution in [0.3, 0.4) is 0 Å². The van der Waals surface area contributed by atoms with Crippen LogP contribution in [0.4, 0.5) is 5.69 Å². The lowest BCUT2D eigenvalue weighted by Gasteiger charge is -2.10. The molecule has 0 spiro atoms. The van der Waals surface area contributed by atoms with Crippen LogP contribution in [0.15, 0.2) is 65.1 Å². The Morgan fingerprint density at radius 1 is 1.14 bits per heavy atom. The van der Waals surface area contributed by atoms with Gasteiger partial charge in [-0.25, -0.2) is 4.98 Å². The van der Waals surface area contributed by atoms with Crippen molar-refractivity contribution in [2.24, 2.45) is 0 Å². The topological polar surface area (TPSA) is 84.6 Å². The largest absolute Gasteiger partial charge is 0.507 e. The Morgan fingerprint density at radius 2 is 1.97 bits per heavy atom. The van der Waals surface area contributed by atoms with Crippen molar-refractivity contribution in [1.29, 1.82) is 0 Å². The molecular weight excluding hydrogens is 368 g/mol. The van der Waals surface area contributed by atoms with E-state index in [2.05, 4.69) is 17.2 Å². The number of phenols is 1. The highest BCUT2D eigenvalue weighted by atomic mass is 16.5. The van der Waals surface area contributed by atoms with E-state index in [0.717, 1.165) is 17.5 Å². The summed E-state index contributed by atoms with van der Waals surface area (Å²) in [5.74, 6) is 0.473. The van der Waals surface area contributed by atoms with Gasteiger partial charge in [0.1, 0.15) is 17.0 Å². The lowest BCUT2D eigenvalue weighted by molar-refractivity contribution is 0.102. The second-order valence-corrected chi connectivity index (χ2v) is 6.56. The highest BCUT2D eigenvalue weighted by Gasteiger charge is 2.16. The first-order valence-electron chi connectivity index (χ1n) is 9.26. The predicted octanol–water partition coefficient (Wildman–Crippen LogP) is 5.02. The van der Waals surface area contributed by atoms with Crippen LogP contribution in [-0.2, 0) is 6.42 Å². The average Bonchev–Trinajstić information content (AvgIpc) is 3.17. The second-order valence-electron chi connectivity index (χ2n) is 6.56. The zero-order chi connectivity index (χ0) is 20.4. The Balaban J connectivity index is 1.67. The summed E-state index contributed by atoms with van der Waals surface area (Å²) >= 11 is 0. The van der Waals surface area contributed by atoms with Crippen molar-refractivity contribution in [3.63, 3.8) is 0 Å². The van der Waals surface area contributed by atoms with Gasteiger partial charge in [-0.15, -0.1) is 0 Å². The van der Waals surface area contributed by atoms with Gasteiger partial charge in [-0.2, -0.15) is 0 Å². The summed E-state index contributed by atoms with van der Waals surface area (Å²) in [6.45, 7) is 2.07. The molecule has 1 aromatic heterocycles.